The maximum Gasteiger partial charge on any atom is 0.268 e. The number of amides is 2. The van der Waals surface area contributed by atoms with Crippen LogP contribution < -0.4 is 10.1 Å². The summed E-state index contributed by atoms with van der Waals surface area (Å²) in [6.45, 7) is 0.957. The number of anilines is 1. The molecule has 0 heterocycles. The Kier molecular flexibility index (Phi) is 9.73. The Morgan fingerprint density at radius 2 is 1.76 bits per heavy atom. The summed E-state index contributed by atoms with van der Waals surface area (Å²) in [7, 11) is 3.75. The van der Waals surface area contributed by atoms with E-state index >= 15 is 4.39 Å². The molecule has 2 amide bonds. The summed E-state index contributed by atoms with van der Waals surface area (Å²) < 4.78 is 21.8. The number of carbonyl (C=O) groups is 2. The van der Waals surface area contributed by atoms with E-state index in [-0.39, 0.29) is 45.0 Å². The van der Waals surface area contributed by atoms with E-state index in [4.69, 9.17) is 45.0 Å². The van der Waals surface area contributed by atoms with Crippen molar-refractivity contribution in [2.45, 2.75) is 6.42 Å². The summed E-state index contributed by atoms with van der Waals surface area (Å²) in [6, 6.07) is 15.2. The Hall–Kier alpha value is -3.35. The van der Waals surface area contributed by atoms with Gasteiger partial charge in [-0.25, -0.2) is 8.81 Å². The van der Waals surface area contributed by atoms with Crippen LogP contribution in [0, 0.1) is 17.1 Å². The van der Waals surface area contributed by atoms with Crippen LogP contribution in [0.3, 0.4) is 0 Å². The number of halogens is 4. The van der Waals surface area contributed by atoms with Crippen LogP contribution in [0.1, 0.15) is 21.5 Å². The molecule has 3 aromatic carbocycles. The average molecular weight is 564 g/mol. The summed E-state index contributed by atoms with van der Waals surface area (Å²) >= 11 is 18.2. The highest BCUT2D eigenvalue weighted by molar-refractivity contribution is 6.32. The number of ether oxygens (including phenoxy) is 1. The monoisotopic (exact) mass is 562 g/mol. The molecule has 3 aromatic rings. The van der Waals surface area contributed by atoms with Crippen LogP contribution in [0.2, 0.25) is 10.0 Å². The van der Waals surface area contributed by atoms with E-state index in [1.54, 1.807) is 12.1 Å². The van der Waals surface area contributed by atoms with Crippen molar-refractivity contribution in [3.63, 3.8) is 0 Å². The minimum absolute atomic E-state index is 0.0145. The second-order valence-electron chi connectivity index (χ2n) is 8.24. The van der Waals surface area contributed by atoms with Crippen LogP contribution in [0.25, 0.3) is 0 Å². The van der Waals surface area contributed by atoms with E-state index in [2.05, 4.69) is 5.32 Å². The standard InChI is InChI=1S/C26H22Cl3FN4O3/c1-33(2)9-10-34(29)26(36)17-3-6-20(7-4-17)32-23(35)13-18-5-8-22(28)25(24(18)30)37-21-12-16(15-31)11-19(27)14-21/h3-8,11-12,14H,9-10,13H2,1-2H3,(H,32,35). The summed E-state index contributed by atoms with van der Waals surface area (Å²) in [5.41, 5.74) is 1.06. The highest BCUT2D eigenvalue weighted by Crippen LogP contribution is 2.35. The Morgan fingerprint density at radius 3 is 2.41 bits per heavy atom. The maximum atomic E-state index is 15.2. The highest BCUT2D eigenvalue weighted by atomic mass is 35.5. The molecule has 0 aromatic heterocycles. The summed E-state index contributed by atoms with van der Waals surface area (Å²) in [5, 5.41) is 12.0. The molecule has 0 saturated heterocycles. The van der Waals surface area contributed by atoms with Crippen molar-refractivity contribution in [2.24, 2.45) is 0 Å². The van der Waals surface area contributed by atoms with Gasteiger partial charge in [0.25, 0.3) is 5.91 Å². The maximum absolute atomic E-state index is 15.2. The van der Waals surface area contributed by atoms with E-state index in [9.17, 15) is 9.59 Å². The molecule has 0 unspecified atom stereocenters. The third-order valence-corrected chi connectivity index (χ3v) is 5.92. The van der Waals surface area contributed by atoms with Gasteiger partial charge in [-0.2, -0.15) is 5.26 Å². The molecule has 0 saturated carbocycles. The molecule has 0 atom stereocenters. The zero-order valence-corrected chi connectivity index (χ0v) is 22.2. The molecule has 0 aliphatic carbocycles. The van der Waals surface area contributed by atoms with Crippen molar-refractivity contribution < 1.29 is 18.7 Å². The molecule has 7 nitrogen and oxygen atoms in total. The number of hydrogen-bond acceptors (Lipinski definition) is 5. The van der Waals surface area contributed by atoms with Crippen LogP contribution in [-0.4, -0.2) is 48.3 Å². The van der Waals surface area contributed by atoms with E-state index < -0.39 is 11.7 Å². The minimum atomic E-state index is -0.818. The zero-order valence-electron chi connectivity index (χ0n) is 19.9. The fraction of sp³-hybridized carbons (Fsp3) is 0.192. The third kappa shape index (κ3) is 7.81. The van der Waals surface area contributed by atoms with Gasteiger partial charge in [-0.1, -0.05) is 29.3 Å². The van der Waals surface area contributed by atoms with Gasteiger partial charge >= 0.3 is 0 Å². The third-order valence-electron chi connectivity index (χ3n) is 5.08. The molecule has 0 fully saturated rings. The molecule has 3 rings (SSSR count). The smallest absolute Gasteiger partial charge is 0.268 e. The van der Waals surface area contributed by atoms with Gasteiger partial charge in [0.2, 0.25) is 5.91 Å². The lowest BCUT2D eigenvalue weighted by molar-refractivity contribution is -0.115. The van der Waals surface area contributed by atoms with Crippen LogP contribution in [0.15, 0.2) is 54.6 Å². The molecule has 1 N–H and O–H groups in total. The van der Waals surface area contributed by atoms with E-state index in [0.717, 1.165) is 4.42 Å². The highest BCUT2D eigenvalue weighted by Gasteiger charge is 2.18. The summed E-state index contributed by atoms with van der Waals surface area (Å²) in [6.07, 6.45) is -0.307. The van der Waals surface area contributed by atoms with Gasteiger partial charge in [0.1, 0.15) is 5.75 Å². The molecule has 0 bridgehead atoms. The lowest BCUT2D eigenvalue weighted by atomic mass is 10.1. The summed E-state index contributed by atoms with van der Waals surface area (Å²) in [4.78, 5) is 26.9. The first-order valence-electron chi connectivity index (χ1n) is 10.9. The molecule has 11 heteroatoms. The van der Waals surface area contributed by atoms with Gasteiger partial charge in [-0.3, -0.25) is 9.59 Å². The number of carbonyl (C=O) groups excluding carboxylic acids is 2. The molecular weight excluding hydrogens is 542 g/mol. The van der Waals surface area contributed by atoms with Crippen molar-refractivity contribution in [1.82, 2.24) is 9.32 Å². The number of benzene rings is 3. The van der Waals surface area contributed by atoms with Gasteiger partial charge in [-0.15, -0.1) is 0 Å². The van der Waals surface area contributed by atoms with E-state index in [1.165, 1.54) is 42.5 Å². The van der Waals surface area contributed by atoms with Crippen molar-refractivity contribution >= 4 is 52.5 Å². The van der Waals surface area contributed by atoms with Gasteiger partial charge in [0, 0.05) is 40.2 Å². The van der Waals surface area contributed by atoms with Gasteiger partial charge < -0.3 is 15.0 Å². The van der Waals surface area contributed by atoms with Crippen molar-refractivity contribution in [1.29, 1.82) is 5.26 Å². The quantitative estimate of drug-likeness (QED) is 0.316. The topological polar surface area (TPSA) is 85.7 Å². The lowest BCUT2D eigenvalue weighted by Crippen LogP contribution is -2.29. The first-order chi connectivity index (χ1) is 17.6. The predicted molar refractivity (Wildman–Crippen MR) is 142 cm³/mol. The fourth-order valence-electron chi connectivity index (χ4n) is 3.21. The van der Waals surface area contributed by atoms with Crippen molar-refractivity contribution in [2.75, 3.05) is 32.5 Å². The lowest BCUT2D eigenvalue weighted by Gasteiger charge is -2.17. The normalized spacial score (nSPS) is 10.6. The molecule has 0 radical (unpaired) electrons. The Bertz CT molecular complexity index is 1340. The van der Waals surface area contributed by atoms with Crippen LogP contribution in [-0.2, 0) is 11.2 Å². The van der Waals surface area contributed by atoms with Crippen LogP contribution in [0.4, 0.5) is 10.1 Å². The number of hydrogen-bond donors (Lipinski definition) is 1. The molecule has 37 heavy (non-hydrogen) atoms. The fourth-order valence-corrected chi connectivity index (χ4v) is 3.79. The molecular formula is C26H22Cl3FN4O3. The number of nitriles is 1. The van der Waals surface area contributed by atoms with Gasteiger partial charge in [0.15, 0.2) is 11.6 Å². The predicted octanol–water partition coefficient (Wildman–Crippen LogP) is 6.14. The number of nitrogens with zero attached hydrogens (tertiary/aromatic N) is 3. The Labute approximate surface area is 229 Å². The molecule has 0 spiro atoms. The Balaban J connectivity index is 1.68. The van der Waals surface area contributed by atoms with Gasteiger partial charge in [-0.05, 0) is 62.6 Å². The first kappa shape index (κ1) is 28.2. The Morgan fingerprint density at radius 1 is 1.05 bits per heavy atom. The second-order valence-corrected chi connectivity index (χ2v) is 9.49. The SMILES string of the molecule is CN(C)CCN(Cl)C(=O)c1ccc(NC(=O)Cc2ccc(Cl)c(Oc3cc(Cl)cc(C#N)c3)c2F)cc1. The van der Waals surface area contributed by atoms with Gasteiger partial charge in [0.05, 0.1) is 29.6 Å². The van der Waals surface area contributed by atoms with E-state index in [1.807, 2.05) is 25.1 Å². The van der Waals surface area contributed by atoms with E-state index in [0.29, 0.717) is 24.3 Å². The summed E-state index contributed by atoms with van der Waals surface area (Å²) in [5.74, 6) is -1.84. The average Bonchev–Trinajstić information content (AvgIpc) is 2.86. The molecule has 0 aliphatic rings. The number of rotatable bonds is 9. The minimum Gasteiger partial charge on any atom is -0.453 e. The van der Waals surface area contributed by atoms with Crippen molar-refractivity contribution in [3.8, 4) is 17.6 Å². The van der Waals surface area contributed by atoms with Crippen molar-refractivity contribution in [3.05, 3.63) is 87.2 Å². The zero-order chi connectivity index (χ0) is 27.1. The second kappa shape index (κ2) is 12.7. The van der Waals surface area contributed by atoms with Crippen LogP contribution in [0.5, 0.6) is 11.5 Å². The number of nitrogens with one attached hydrogen (secondary N) is 1. The molecule has 0 aliphatic heterocycles. The molecule has 192 valence electrons. The number of likely N-dealkylation sites (N-methyl/N-ethyl adjacent to an activating group) is 1. The largest absolute Gasteiger partial charge is 0.453 e. The van der Waals surface area contributed by atoms with Crippen LogP contribution >= 0.6 is 35.0 Å². The first-order valence-corrected chi connectivity index (χ1v) is 12.0.